The molecule has 1 heterocycles. The van der Waals surface area contributed by atoms with Crippen LogP contribution in [0.1, 0.15) is 25.7 Å². The first-order valence-corrected chi connectivity index (χ1v) is 11.3. The highest BCUT2D eigenvalue weighted by molar-refractivity contribution is 6.30. The number of likely N-dealkylation sites (tertiary alicyclic amines) is 1. The minimum absolute atomic E-state index is 0.228. The molecule has 0 saturated carbocycles. The molecule has 7 nitrogen and oxygen atoms in total. The number of nitroso groups, excluding NO2 is 1. The van der Waals surface area contributed by atoms with Crippen LogP contribution in [0.3, 0.4) is 0 Å². The maximum absolute atomic E-state index is 11.2. The fourth-order valence-electron chi connectivity index (χ4n) is 3.71. The van der Waals surface area contributed by atoms with E-state index in [0.29, 0.717) is 36.5 Å². The summed E-state index contributed by atoms with van der Waals surface area (Å²) in [5.74, 6) is 1.52. The molecule has 170 valence electrons. The van der Waals surface area contributed by atoms with Crippen LogP contribution in [0.4, 0.5) is 0 Å². The number of rotatable bonds is 12. The smallest absolute Gasteiger partial charge is 0.138 e. The SMILES string of the molecule is O=NC(COC1=CCCC=C1)CN1CCC(NCC(O)COc2ccc(Cl)cc2)CC1. The lowest BCUT2D eigenvalue weighted by Crippen LogP contribution is -2.47. The van der Waals surface area contributed by atoms with Gasteiger partial charge in [0.25, 0.3) is 0 Å². The number of halogens is 1. The predicted octanol–water partition coefficient (Wildman–Crippen LogP) is 3.52. The number of hydrogen-bond donors (Lipinski definition) is 2. The monoisotopic (exact) mass is 449 g/mol. The van der Waals surface area contributed by atoms with Crippen LogP contribution < -0.4 is 10.1 Å². The van der Waals surface area contributed by atoms with Gasteiger partial charge in [-0.05, 0) is 75.2 Å². The second kappa shape index (κ2) is 12.8. The van der Waals surface area contributed by atoms with Gasteiger partial charge in [-0.1, -0.05) is 22.9 Å². The largest absolute Gasteiger partial charge is 0.492 e. The Morgan fingerprint density at radius 3 is 2.61 bits per heavy atom. The Kier molecular flexibility index (Phi) is 9.81. The van der Waals surface area contributed by atoms with Gasteiger partial charge in [0, 0.05) is 24.2 Å². The number of nitrogens with zero attached hydrogens (tertiary/aromatic N) is 2. The highest BCUT2D eigenvalue weighted by Crippen LogP contribution is 2.16. The average Bonchev–Trinajstić information content (AvgIpc) is 2.81. The number of aliphatic hydroxyl groups is 1. The molecule has 2 N–H and O–H groups in total. The molecule has 0 amide bonds. The third-order valence-electron chi connectivity index (χ3n) is 5.51. The summed E-state index contributed by atoms with van der Waals surface area (Å²) in [5.41, 5.74) is 0. The molecular formula is C23H32ClN3O4. The standard InChI is InChI=1S/C23H32ClN3O4/c24-18-6-8-23(9-7-18)31-17-21(28)14-25-19-10-12-27(13-11-19)15-20(26-29)16-30-22-4-2-1-3-5-22/h2,4-9,19-21,25,28H,1,3,10-17H2. The van der Waals surface area contributed by atoms with E-state index >= 15 is 0 Å². The van der Waals surface area contributed by atoms with Crippen molar-refractivity contribution < 1.29 is 14.6 Å². The average molecular weight is 450 g/mol. The van der Waals surface area contributed by atoms with Crippen molar-refractivity contribution in [3.8, 4) is 5.75 Å². The van der Waals surface area contributed by atoms with E-state index in [4.69, 9.17) is 21.1 Å². The Balaban J connectivity index is 1.28. The van der Waals surface area contributed by atoms with E-state index < -0.39 is 6.10 Å². The van der Waals surface area contributed by atoms with Crippen molar-refractivity contribution in [3.05, 3.63) is 58.2 Å². The molecule has 2 unspecified atom stereocenters. The number of aliphatic hydroxyl groups excluding tert-OH is 1. The van der Waals surface area contributed by atoms with Crippen molar-refractivity contribution in [3.63, 3.8) is 0 Å². The fourth-order valence-corrected chi connectivity index (χ4v) is 3.83. The van der Waals surface area contributed by atoms with Crippen molar-refractivity contribution in [1.82, 2.24) is 10.2 Å². The van der Waals surface area contributed by atoms with Gasteiger partial charge in [-0.15, -0.1) is 0 Å². The first kappa shape index (κ1) is 23.7. The maximum Gasteiger partial charge on any atom is 0.138 e. The lowest BCUT2D eigenvalue weighted by atomic mass is 10.0. The molecule has 0 bridgehead atoms. The normalized spacial score (nSPS) is 19.5. The summed E-state index contributed by atoms with van der Waals surface area (Å²) in [6, 6.07) is 7.07. The van der Waals surface area contributed by atoms with Crippen LogP contribution in [0.15, 0.2) is 53.4 Å². The van der Waals surface area contributed by atoms with Crippen molar-refractivity contribution in [1.29, 1.82) is 0 Å². The zero-order valence-electron chi connectivity index (χ0n) is 17.8. The minimum Gasteiger partial charge on any atom is -0.492 e. The van der Waals surface area contributed by atoms with Gasteiger partial charge in [-0.25, -0.2) is 0 Å². The maximum atomic E-state index is 11.2. The summed E-state index contributed by atoms with van der Waals surface area (Å²) < 4.78 is 11.3. The molecule has 8 heteroatoms. The fraction of sp³-hybridized carbons (Fsp3) is 0.565. The lowest BCUT2D eigenvalue weighted by molar-refractivity contribution is 0.0967. The molecule has 2 atom stereocenters. The molecule has 0 spiro atoms. The van der Waals surface area contributed by atoms with Gasteiger partial charge in [0.05, 0.1) is 0 Å². The molecule has 3 rings (SSSR count). The summed E-state index contributed by atoms with van der Waals surface area (Å²) in [7, 11) is 0. The van der Waals surface area contributed by atoms with Crippen LogP contribution in [-0.4, -0.2) is 67.6 Å². The number of piperidine rings is 1. The van der Waals surface area contributed by atoms with E-state index in [-0.39, 0.29) is 12.6 Å². The van der Waals surface area contributed by atoms with Gasteiger partial charge in [0.2, 0.25) is 0 Å². The van der Waals surface area contributed by atoms with Crippen LogP contribution in [0.2, 0.25) is 5.02 Å². The molecule has 1 aromatic rings. The second-order valence-corrected chi connectivity index (χ2v) is 8.49. The molecule has 1 fully saturated rings. The molecule has 1 aromatic carbocycles. The summed E-state index contributed by atoms with van der Waals surface area (Å²) in [6.07, 6.45) is 9.45. The number of ether oxygens (including phenoxy) is 2. The van der Waals surface area contributed by atoms with E-state index in [1.54, 1.807) is 24.3 Å². The first-order valence-electron chi connectivity index (χ1n) is 11.0. The molecule has 0 radical (unpaired) electrons. The molecule has 31 heavy (non-hydrogen) atoms. The quantitative estimate of drug-likeness (QED) is 0.475. The second-order valence-electron chi connectivity index (χ2n) is 8.06. The highest BCUT2D eigenvalue weighted by atomic mass is 35.5. The van der Waals surface area contributed by atoms with Gasteiger partial charge in [0.1, 0.15) is 36.9 Å². The van der Waals surface area contributed by atoms with Gasteiger partial charge in [0.15, 0.2) is 0 Å². The topological polar surface area (TPSA) is 83.4 Å². The van der Waals surface area contributed by atoms with E-state index in [9.17, 15) is 10.0 Å². The third-order valence-corrected chi connectivity index (χ3v) is 5.76. The molecule has 2 aliphatic rings. The van der Waals surface area contributed by atoms with Gasteiger partial charge >= 0.3 is 0 Å². The van der Waals surface area contributed by atoms with Gasteiger partial charge in [-0.3, -0.25) is 0 Å². The van der Waals surface area contributed by atoms with E-state index in [1.807, 2.05) is 12.2 Å². The summed E-state index contributed by atoms with van der Waals surface area (Å²) >= 11 is 5.85. The molecular weight excluding hydrogens is 418 g/mol. The zero-order valence-corrected chi connectivity index (χ0v) is 18.5. The lowest BCUT2D eigenvalue weighted by Gasteiger charge is -2.33. The number of benzene rings is 1. The van der Waals surface area contributed by atoms with Crippen LogP contribution in [0.25, 0.3) is 0 Å². The molecule has 1 saturated heterocycles. The highest BCUT2D eigenvalue weighted by Gasteiger charge is 2.23. The van der Waals surface area contributed by atoms with Crippen molar-refractivity contribution in [2.24, 2.45) is 5.18 Å². The Morgan fingerprint density at radius 1 is 1.16 bits per heavy atom. The summed E-state index contributed by atoms with van der Waals surface area (Å²) in [5, 5.41) is 17.5. The Morgan fingerprint density at radius 2 is 1.94 bits per heavy atom. The van der Waals surface area contributed by atoms with Crippen molar-refractivity contribution in [2.75, 3.05) is 39.4 Å². The number of allylic oxidation sites excluding steroid dienone is 3. The van der Waals surface area contributed by atoms with Crippen LogP contribution in [-0.2, 0) is 4.74 Å². The van der Waals surface area contributed by atoms with E-state index in [2.05, 4.69) is 21.5 Å². The third kappa shape index (κ3) is 8.61. The van der Waals surface area contributed by atoms with Crippen LogP contribution in [0, 0.1) is 4.91 Å². The van der Waals surface area contributed by atoms with Crippen LogP contribution >= 0.6 is 11.6 Å². The van der Waals surface area contributed by atoms with E-state index in [0.717, 1.165) is 44.5 Å². The number of hydrogen-bond acceptors (Lipinski definition) is 7. The first-order chi connectivity index (χ1) is 15.1. The van der Waals surface area contributed by atoms with Crippen molar-refractivity contribution >= 4 is 11.6 Å². The molecule has 1 aliphatic heterocycles. The molecule has 0 aromatic heterocycles. The molecule has 1 aliphatic carbocycles. The predicted molar refractivity (Wildman–Crippen MR) is 122 cm³/mol. The number of nitrogens with one attached hydrogen (secondary N) is 1. The van der Waals surface area contributed by atoms with Crippen LogP contribution in [0.5, 0.6) is 5.75 Å². The van der Waals surface area contributed by atoms with E-state index in [1.165, 1.54) is 0 Å². The Labute approximate surface area is 189 Å². The van der Waals surface area contributed by atoms with Crippen molar-refractivity contribution in [2.45, 2.75) is 43.9 Å². The van der Waals surface area contributed by atoms with Gasteiger partial charge < -0.3 is 24.8 Å². The Hall–Kier alpha value is -1.93. The zero-order chi connectivity index (χ0) is 21.9. The minimum atomic E-state index is -0.586. The summed E-state index contributed by atoms with van der Waals surface area (Å²) in [4.78, 5) is 13.5. The Bertz CT molecular complexity index is 733. The van der Waals surface area contributed by atoms with Gasteiger partial charge in [-0.2, -0.15) is 4.91 Å². The summed E-state index contributed by atoms with van der Waals surface area (Å²) in [6.45, 7) is 3.43.